The van der Waals surface area contributed by atoms with Crippen molar-refractivity contribution in [1.29, 1.82) is 5.26 Å². The minimum Gasteiger partial charge on any atom is -0.507 e. The molecule has 38 heavy (non-hydrogen) atoms. The summed E-state index contributed by atoms with van der Waals surface area (Å²) in [5, 5.41) is 31.5. The number of rotatable bonds is 5. The van der Waals surface area contributed by atoms with Crippen LogP contribution in [-0.2, 0) is 11.4 Å². The van der Waals surface area contributed by atoms with Crippen LogP contribution < -0.4 is 15.8 Å². The third-order valence-corrected chi connectivity index (χ3v) is 5.99. The summed E-state index contributed by atoms with van der Waals surface area (Å²) in [5.41, 5.74) is 9.31. The van der Waals surface area contributed by atoms with Crippen LogP contribution in [0.5, 0.6) is 11.5 Å². The van der Waals surface area contributed by atoms with Gasteiger partial charge in [-0.05, 0) is 66.8 Å². The summed E-state index contributed by atoms with van der Waals surface area (Å²) in [6, 6.07) is 16.5. The van der Waals surface area contributed by atoms with E-state index in [1.807, 2.05) is 18.2 Å². The molecular formula is C26H24ClF3N4O4. The Labute approximate surface area is 221 Å². The number of phenolic OH excluding ortho intramolecular Hbond substituents is 1. The van der Waals surface area contributed by atoms with E-state index >= 15 is 0 Å². The van der Waals surface area contributed by atoms with Crippen LogP contribution in [0.1, 0.15) is 35.4 Å². The maximum atomic E-state index is 10.6. The number of piperidine rings is 1. The van der Waals surface area contributed by atoms with Gasteiger partial charge in [-0.1, -0.05) is 29.8 Å². The van der Waals surface area contributed by atoms with E-state index in [-0.39, 0.29) is 17.5 Å². The normalized spacial score (nSPS) is 15.1. The number of nitrogen functional groups attached to an aromatic ring is 1. The number of nitriles is 1. The lowest BCUT2D eigenvalue weighted by molar-refractivity contribution is -0.192. The summed E-state index contributed by atoms with van der Waals surface area (Å²) in [6.07, 6.45) is -3.09. The summed E-state index contributed by atoms with van der Waals surface area (Å²) in [6.45, 7) is 2.05. The summed E-state index contributed by atoms with van der Waals surface area (Å²) in [7, 11) is 0. The zero-order valence-electron chi connectivity index (χ0n) is 19.9. The fourth-order valence-corrected chi connectivity index (χ4v) is 4.04. The number of aromatic hydroxyl groups is 1. The second-order valence-electron chi connectivity index (χ2n) is 8.38. The molecular weight excluding hydrogens is 525 g/mol. The number of hydrogen-bond acceptors (Lipinski definition) is 7. The van der Waals surface area contributed by atoms with E-state index in [1.165, 1.54) is 0 Å². The molecule has 2 aromatic carbocycles. The van der Waals surface area contributed by atoms with Crippen molar-refractivity contribution >= 4 is 23.4 Å². The van der Waals surface area contributed by atoms with Gasteiger partial charge in [0, 0.05) is 11.6 Å². The summed E-state index contributed by atoms with van der Waals surface area (Å²) in [5.74, 6) is -1.91. The first-order valence-electron chi connectivity index (χ1n) is 11.4. The fourth-order valence-electron chi connectivity index (χ4n) is 3.91. The molecule has 1 aromatic heterocycles. The largest absolute Gasteiger partial charge is 0.507 e. The summed E-state index contributed by atoms with van der Waals surface area (Å²) >= 11 is 5.95. The Bertz CT molecular complexity index is 1320. The monoisotopic (exact) mass is 548 g/mol. The fraction of sp³-hybridized carbons (Fsp3) is 0.269. The van der Waals surface area contributed by atoms with Crippen molar-refractivity contribution in [3.63, 3.8) is 0 Å². The number of aliphatic carboxylic acids is 1. The molecule has 1 aliphatic heterocycles. The molecule has 0 aliphatic carbocycles. The van der Waals surface area contributed by atoms with Crippen molar-refractivity contribution in [2.75, 3.05) is 18.8 Å². The highest BCUT2D eigenvalue weighted by molar-refractivity contribution is 6.30. The molecule has 5 N–H and O–H groups in total. The molecule has 0 saturated carbocycles. The number of nitrogens with zero attached hydrogens (tertiary/aromatic N) is 2. The van der Waals surface area contributed by atoms with Crippen LogP contribution >= 0.6 is 11.6 Å². The molecule has 1 saturated heterocycles. The van der Waals surface area contributed by atoms with Crippen LogP contribution in [0, 0.1) is 11.3 Å². The number of benzene rings is 2. The number of pyridine rings is 1. The zero-order chi connectivity index (χ0) is 27.9. The molecule has 1 atom stereocenters. The molecule has 0 radical (unpaired) electrons. The number of halogens is 4. The standard InChI is InChI=1S/C24H23ClN4O2.C2HF3O2/c25-17-8-6-15(7-9-17)14-31-22-5-1-4-21(30)23(22)20-11-18(16-3-2-10-28-13-16)19(12-26)24(27)29-20;3-2(4,5)1(6)7/h1,4-9,11,16,28,30H,2-3,10,13-14H2,(H2,27,29);(H,6,7). The lowest BCUT2D eigenvalue weighted by atomic mass is 9.88. The molecule has 200 valence electrons. The maximum Gasteiger partial charge on any atom is 0.490 e. The number of aromatic nitrogens is 1. The van der Waals surface area contributed by atoms with Gasteiger partial charge in [-0.2, -0.15) is 18.4 Å². The van der Waals surface area contributed by atoms with Crippen molar-refractivity contribution in [2.45, 2.75) is 31.5 Å². The molecule has 0 spiro atoms. The predicted octanol–water partition coefficient (Wildman–Crippen LogP) is 5.24. The Kier molecular flexibility index (Phi) is 9.39. The second-order valence-corrected chi connectivity index (χ2v) is 8.82. The van der Waals surface area contributed by atoms with Gasteiger partial charge < -0.3 is 26.0 Å². The van der Waals surface area contributed by atoms with Crippen LogP contribution in [0.4, 0.5) is 19.0 Å². The molecule has 8 nitrogen and oxygen atoms in total. The molecule has 1 aliphatic rings. The lowest BCUT2D eigenvalue weighted by Gasteiger charge is -2.25. The van der Waals surface area contributed by atoms with E-state index in [1.54, 1.807) is 30.3 Å². The van der Waals surface area contributed by atoms with Gasteiger partial charge in [-0.25, -0.2) is 9.78 Å². The van der Waals surface area contributed by atoms with E-state index in [2.05, 4.69) is 16.4 Å². The maximum absolute atomic E-state index is 10.6. The van der Waals surface area contributed by atoms with Crippen molar-refractivity contribution < 1.29 is 32.9 Å². The first-order valence-corrected chi connectivity index (χ1v) is 11.8. The van der Waals surface area contributed by atoms with Crippen molar-refractivity contribution in [3.8, 4) is 28.8 Å². The smallest absolute Gasteiger partial charge is 0.490 e. The third-order valence-electron chi connectivity index (χ3n) is 5.74. The lowest BCUT2D eigenvalue weighted by Crippen LogP contribution is -2.29. The van der Waals surface area contributed by atoms with Crippen LogP contribution in [0.25, 0.3) is 11.3 Å². The number of ether oxygens (including phenoxy) is 1. The Hall–Kier alpha value is -4.01. The number of nitrogens with two attached hydrogens (primary N) is 1. The highest BCUT2D eigenvalue weighted by Gasteiger charge is 2.38. The van der Waals surface area contributed by atoms with Crippen molar-refractivity contribution in [1.82, 2.24) is 10.3 Å². The first kappa shape index (κ1) is 28.6. The topological polar surface area (TPSA) is 141 Å². The van der Waals surface area contributed by atoms with Gasteiger partial charge in [0.25, 0.3) is 0 Å². The highest BCUT2D eigenvalue weighted by atomic mass is 35.5. The Morgan fingerprint density at radius 1 is 1.26 bits per heavy atom. The van der Waals surface area contributed by atoms with E-state index in [0.29, 0.717) is 34.2 Å². The Morgan fingerprint density at radius 3 is 2.53 bits per heavy atom. The average Bonchev–Trinajstić information content (AvgIpc) is 2.88. The van der Waals surface area contributed by atoms with Gasteiger partial charge in [0.2, 0.25) is 0 Å². The summed E-state index contributed by atoms with van der Waals surface area (Å²) < 4.78 is 37.8. The Morgan fingerprint density at radius 2 is 1.95 bits per heavy atom. The van der Waals surface area contributed by atoms with Gasteiger partial charge in [-0.15, -0.1) is 0 Å². The quantitative estimate of drug-likeness (QED) is 0.339. The SMILES string of the molecule is N#Cc1c(C2CCCNC2)cc(-c2c(O)cccc2OCc2ccc(Cl)cc2)nc1N.O=C(O)C(F)(F)F. The predicted molar refractivity (Wildman–Crippen MR) is 135 cm³/mol. The van der Waals surface area contributed by atoms with E-state index in [9.17, 15) is 23.5 Å². The Balaban J connectivity index is 0.000000505. The highest BCUT2D eigenvalue weighted by Crippen LogP contribution is 2.40. The molecule has 2 heterocycles. The number of carbonyl (C=O) groups is 1. The summed E-state index contributed by atoms with van der Waals surface area (Å²) in [4.78, 5) is 13.3. The number of nitrogens with one attached hydrogen (secondary N) is 1. The van der Waals surface area contributed by atoms with Gasteiger partial charge >= 0.3 is 12.1 Å². The number of carboxylic acid groups (broad SMARTS) is 1. The van der Waals surface area contributed by atoms with Gasteiger partial charge in [0.05, 0.1) is 16.8 Å². The molecule has 0 bridgehead atoms. The van der Waals surface area contributed by atoms with E-state index in [4.69, 9.17) is 32.0 Å². The van der Waals surface area contributed by atoms with Crippen LogP contribution in [0.15, 0.2) is 48.5 Å². The number of phenols is 1. The molecule has 4 rings (SSSR count). The molecule has 1 unspecified atom stereocenters. The zero-order valence-corrected chi connectivity index (χ0v) is 20.7. The van der Waals surface area contributed by atoms with E-state index < -0.39 is 12.1 Å². The van der Waals surface area contributed by atoms with Gasteiger partial charge in [-0.3, -0.25) is 0 Å². The van der Waals surface area contributed by atoms with Crippen molar-refractivity contribution in [2.24, 2.45) is 0 Å². The van der Waals surface area contributed by atoms with Crippen LogP contribution in [0.2, 0.25) is 5.02 Å². The molecule has 3 aromatic rings. The number of carboxylic acids is 1. The minimum absolute atomic E-state index is 0.0398. The van der Waals surface area contributed by atoms with Gasteiger partial charge in [0.15, 0.2) is 0 Å². The third kappa shape index (κ3) is 7.27. The second kappa shape index (κ2) is 12.5. The van der Waals surface area contributed by atoms with Crippen LogP contribution in [0.3, 0.4) is 0 Å². The van der Waals surface area contributed by atoms with E-state index in [0.717, 1.165) is 37.1 Å². The minimum atomic E-state index is -5.08. The number of alkyl halides is 3. The van der Waals surface area contributed by atoms with Crippen LogP contribution in [-0.4, -0.2) is 40.4 Å². The first-order chi connectivity index (χ1) is 18.0. The number of anilines is 1. The molecule has 1 fully saturated rings. The van der Waals surface area contributed by atoms with Gasteiger partial charge in [0.1, 0.15) is 30.0 Å². The van der Waals surface area contributed by atoms with Crippen molar-refractivity contribution in [3.05, 3.63) is 70.2 Å². The molecule has 0 amide bonds. The molecule has 12 heteroatoms. The number of hydrogen-bond donors (Lipinski definition) is 4. The average molecular weight is 549 g/mol.